The first-order valence-corrected chi connectivity index (χ1v) is 9.56. The molecule has 0 aliphatic carbocycles. The van der Waals surface area contributed by atoms with Crippen LogP contribution in [-0.2, 0) is 12.8 Å². The second kappa shape index (κ2) is 5.94. The Balaban J connectivity index is 1.59. The fraction of sp³-hybridized carbons (Fsp3) is 0.526. The van der Waals surface area contributed by atoms with Crippen molar-refractivity contribution in [1.29, 1.82) is 0 Å². The first-order valence-electron chi connectivity index (χ1n) is 9.56. The number of hydrogen-bond acceptors (Lipinski definition) is 6. The number of ether oxygens (including phenoxy) is 1. The SMILES string of the molecule is CC(C)(Cc1nc2c3ccc4c(c3nc(N)n2n1)OC(F)(F)CC4)N1CC(F)C1. The molecule has 0 spiro atoms. The van der Waals surface area contributed by atoms with Gasteiger partial charge in [-0.3, -0.25) is 4.90 Å². The number of hydrogen-bond donors (Lipinski definition) is 1. The van der Waals surface area contributed by atoms with Gasteiger partial charge in [-0.15, -0.1) is 5.10 Å². The van der Waals surface area contributed by atoms with E-state index in [1.165, 1.54) is 4.52 Å². The van der Waals surface area contributed by atoms with Crippen molar-refractivity contribution in [3.63, 3.8) is 0 Å². The van der Waals surface area contributed by atoms with Gasteiger partial charge in [0.25, 0.3) is 0 Å². The van der Waals surface area contributed by atoms with E-state index in [0.717, 1.165) is 0 Å². The summed E-state index contributed by atoms with van der Waals surface area (Å²) in [6.07, 6.45) is -3.72. The van der Waals surface area contributed by atoms with E-state index in [9.17, 15) is 13.2 Å². The van der Waals surface area contributed by atoms with Gasteiger partial charge in [-0.1, -0.05) is 6.07 Å². The molecule has 0 bridgehead atoms. The monoisotopic (exact) mass is 406 g/mol. The maximum atomic E-state index is 13.8. The van der Waals surface area contributed by atoms with Crippen LogP contribution in [0.5, 0.6) is 5.75 Å². The van der Waals surface area contributed by atoms with Crippen molar-refractivity contribution < 1.29 is 17.9 Å². The van der Waals surface area contributed by atoms with Crippen LogP contribution in [0, 0.1) is 0 Å². The van der Waals surface area contributed by atoms with Crippen LogP contribution >= 0.6 is 0 Å². The first-order chi connectivity index (χ1) is 13.6. The van der Waals surface area contributed by atoms with Crippen molar-refractivity contribution >= 4 is 22.5 Å². The number of likely N-dealkylation sites (tertiary alicyclic amines) is 1. The third kappa shape index (κ3) is 2.97. The topological polar surface area (TPSA) is 81.6 Å². The molecule has 0 amide bonds. The molecule has 1 fully saturated rings. The lowest BCUT2D eigenvalue weighted by molar-refractivity contribution is -0.186. The van der Waals surface area contributed by atoms with Crippen molar-refractivity contribution in [1.82, 2.24) is 24.5 Å². The number of benzene rings is 1. The molecule has 10 heteroatoms. The molecule has 154 valence electrons. The third-order valence-electron chi connectivity index (χ3n) is 5.77. The zero-order chi connectivity index (χ0) is 20.6. The number of nitrogen functional groups attached to an aromatic ring is 1. The predicted octanol–water partition coefficient (Wildman–Crippen LogP) is 2.75. The summed E-state index contributed by atoms with van der Waals surface area (Å²) in [7, 11) is 0. The number of alkyl halides is 3. The standard InChI is InChI=1S/C19H21F3N6O/c1-18(2,27-8-11(20)9-27)7-13-24-16-12-4-3-10-5-6-19(21,22)29-15(10)14(12)25-17(23)28(16)26-13/h3-4,11H,5-9H2,1-2H3,(H2,23,25). The van der Waals surface area contributed by atoms with Crippen LogP contribution in [0.2, 0.25) is 0 Å². The Bertz CT molecular complexity index is 1120. The van der Waals surface area contributed by atoms with Crippen molar-refractivity contribution in [2.75, 3.05) is 18.8 Å². The normalized spacial score (nSPS) is 19.9. The Hall–Kier alpha value is -2.62. The summed E-state index contributed by atoms with van der Waals surface area (Å²) < 4.78 is 47.2. The van der Waals surface area contributed by atoms with Gasteiger partial charge in [-0.25, -0.2) is 14.4 Å². The van der Waals surface area contributed by atoms with E-state index in [1.807, 2.05) is 18.7 Å². The summed E-state index contributed by atoms with van der Waals surface area (Å²) in [4.78, 5) is 10.9. The number of nitrogens with zero attached hydrogens (tertiary/aromatic N) is 5. The van der Waals surface area contributed by atoms with Crippen LogP contribution in [0.15, 0.2) is 12.1 Å². The van der Waals surface area contributed by atoms with Crippen molar-refractivity contribution in [2.24, 2.45) is 0 Å². The van der Waals surface area contributed by atoms with Crippen LogP contribution in [0.25, 0.3) is 16.6 Å². The molecule has 4 heterocycles. The first kappa shape index (κ1) is 18.4. The van der Waals surface area contributed by atoms with Gasteiger partial charge < -0.3 is 10.5 Å². The highest BCUT2D eigenvalue weighted by Crippen LogP contribution is 2.40. The highest BCUT2D eigenvalue weighted by molar-refractivity contribution is 5.96. The lowest BCUT2D eigenvalue weighted by Gasteiger charge is -2.46. The van der Waals surface area contributed by atoms with Crippen LogP contribution in [0.4, 0.5) is 19.1 Å². The molecular formula is C19H21F3N6O. The second-order valence-corrected chi connectivity index (χ2v) is 8.41. The van der Waals surface area contributed by atoms with Gasteiger partial charge in [-0.2, -0.15) is 13.3 Å². The van der Waals surface area contributed by atoms with E-state index in [0.29, 0.717) is 41.9 Å². The predicted molar refractivity (Wildman–Crippen MR) is 101 cm³/mol. The Morgan fingerprint density at radius 3 is 2.76 bits per heavy atom. The molecule has 2 aliphatic heterocycles. The van der Waals surface area contributed by atoms with Gasteiger partial charge in [0.1, 0.15) is 11.7 Å². The Labute approximate surface area is 164 Å². The molecule has 3 aromatic rings. The number of halogens is 3. The van der Waals surface area contributed by atoms with E-state index < -0.39 is 12.3 Å². The Kier molecular flexibility index (Phi) is 3.77. The van der Waals surface area contributed by atoms with Crippen LogP contribution < -0.4 is 10.5 Å². The van der Waals surface area contributed by atoms with Crippen LogP contribution in [0.3, 0.4) is 0 Å². The average Bonchev–Trinajstić information content (AvgIpc) is 3.02. The summed E-state index contributed by atoms with van der Waals surface area (Å²) in [6, 6.07) is 3.54. The molecule has 2 aromatic heterocycles. The number of fused-ring (bicyclic) bond motifs is 5. The molecule has 7 nitrogen and oxygen atoms in total. The van der Waals surface area contributed by atoms with Gasteiger partial charge in [0.05, 0.1) is 6.42 Å². The molecule has 1 aromatic carbocycles. The summed E-state index contributed by atoms with van der Waals surface area (Å²) in [6.45, 7) is 4.81. The van der Waals surface area contributed by atoms with E-state index in [-0.39, 0.29) is 35.6 Å². The number of anilines is 1. The Morgan fingerprint density at radius 1 is 1.28 bits per heavy atom. The van der Waals surface area contributed by atoms with Crippen molar-refractivity contribution in [3.8, 4) is 5.75 Å². The minimum absolute atomic E-state index is 0.0442. The van der Waals surface area contributed by atoms with E-state index >= 15 is 0 Å². The van der Waals surface area contributed by atoms with Gasteiger partial charge in [0.15, 0.2) is 17.2 Å². The van der Waals surface area contributed by atoms with Crippen LogP contribution in [-0.4, -0.2) is 55.4 Å². The van der Waals surface area contributed by atoms with Crippen molar-refractivity contribution in [2.45, 2.75) is 50.9 Å². The quantitative estimate of drug-likeness (QED) is 0.720. The second-order valence-electron chi connectivity index (χ2n) is 8.41. The smallest absolute Gasteiger partial charge is 0.398 e. The Morgan fingerprint density at radius 2 is 2.03 bits per heavy atom. The molecule has 0 saturated carbocycles. The maximum Gasteiger partial charge on any atom is 0.398 e. The fourth-order valence-electron chi connectivity index (χ4n) is 4.04. The third-order valence-corrected chi connectivity index (χ3v) is 5.77. The van der Waals surface area contributed by atoms with Gasteiger partial charge in [-0.05, 0) is 31.9 Å². The molecule has 2 aliphatic rings. The number of aromatic nitrogens is 4. The zero-order valence-corrected chi connectivity index (χ0v) is 16.1. The number of aryl methyl sites for hydroxylation is 1. The lowest BCUT2D eigenvalue weighted by atomic mass is 9.93. The molecule has 0 radical (unpaired) electrons. The van der Waals surface area contributed by atoms with Crippen LogP contribution in [0.1, 0.15) is 31.7 Å². The molecule has 5 rings (SSSR count). The van der Waals surface area contributed by atoms with E-state index in [2.05, 4.69) is 15.1 Å². The molecule has 1 saturated heterocycles. The molecular weight excluding hydrogens is 385 g/mol. The molecule has 2 N–H and O–H groups in total. The highest BCUT2D eigenvalue weighted by Gasteiger charge is 2.39. The minimum Gasteiger partial charge on any atom is -0.430 e. The van der Waals surface area contributed by atoms with Crippen molar-refractivity contribution in [3.05, 3.63) is 23.5 Å². The maximum absolute atomic E-state index is 13.8. The van der Waals surface area contributed by atoms with E-state index in [1.54, 1.807) is 12.1 Å². The van der Waals surface area contributed by atoms with Gasteiger partial charge in [0, 0.05) is 30.4 Å². The summed E-state index contributed by atoms with van der Waals surface area (Å²) in [5.74, 6) is 0.623. The average molecular weight is 406 g/mol. The summed E-state index contributed by atoms with van der Waals surface area (Å²) in [5.41, 5.74) is 7.10. The highest BCUT2D eigenvalue weighted by atomic mass is 19.3. The fourth-order valence-corrected chi connectivity index (χ4v) is 4.04. The van der Waals surface area contributed by atoms with Gasteiger partial charge >= 0.3 is 6.11 Å². The molecule has 0 atom stereocenters. The lowest BCUT2D eigenvalue weighted by Crippen LogP contribution is -2.59. The van der Waals surface area contributed by atoms with Gasteiger partial charge in [0.2, 0.25) is 5.95 Å². The van der Waals surface area contributed by atoms with E-state index in [4.69, 9.17) is 10.5 Å². The number of rotatable bonds is 3. The number of nitrogens with two attached hydrogens (primary N) is 1. The summed E-state index contributed by atoms with van der Waals surface area (Å²) >= 11 is 0. The largest absolute Gasteiger partial charge is 0.430 e. The minimum atomic E-state index is -3.24. The molecule has 29 heavy (non-hydrogen) atoms. The zero-order valence-electron chi connectivity index (χ0n) is 16.1. The molecule has 0 unspecified atom stereocenters. The summed E-state index contributed by atoms with van der Waals surface area (Å²) in [5, 5.41) is 5.00.